The van der Waals surface area contributed by atoms with Crippen molar-refractivity contribution in [2.75, 3.05) is 20.2 Å². The van der Waals surface area contributed by atoms with E-state index in [0.717, 1.165) is 69.1 Å². The molecule has 2 aliphatic carbocycles. The highest BCUT2D eigenvalue weighted by atomic mass is 16.5. The molecule has 0 unspecified atom stereocenters. The fourth-order valence-electron chi connectivity index (χ4n) is 6.17. The van der Waals surface area contributed by atoms with E-state index in [-0.39, 0.29) is 35.7 Å². The molecule has 7 nitrogen and oxygen atoms in total. The lowest BCUT2D eigenvalue weighted by atomic mass is 9.83. The van der Waals surface area contributed by atoms with Crippen molar-refractivity contribution < 1.29 is 19.1 Å². The molecule has 2 saturated carbocycles. The summed E-state index contributed by atoms with van der Waals surface area (Å²) in [6.45, 7) is 1.95. The molecule has 2 aromatic rings. The SMILES string of the molecule is COc1ccc(C(=O)N(Cc2ccccc2)C2CCC(NC(=O)C3CCN(C(=O)C4CCC4)CC3)CC2)cc1. The maximum absolute atomic E-state index is 13.6. The Labute approximate surface area is 231 Å². The summed E-state index contributed by atoms with van der Waals surface area (Å²) in [5.41, 5.74) is 1.77. The Morgan fingerprint density at radius 1 is 0.846 bits per heavy atom. The van der Waals surface area contributed by atoms with E-state index in [4.69, 9.17) is 4.74 Å². The molecule has 0 radical (unpaired) electrons. The van der Waals surface area contributed by atoms with Crippen molar-refractivity contribution in [3.8, 4) is 5.75 Å². The molecule has 7 heteroatoms. The van der Waals surface area contributed by atoms with E-state index in [1.54, 1.807) is 7.11 Å². The van der Waals surface area contributed by atoms with Gasteiger partial charge >= 0.3 is 0 Å². The minimum Gasteiger partial charge on any atom is -0.497 e. The van der Waals surface area contributed by atoms with E-state index < -0.39 is 0 Å². The Balaban J connectivity index is 1.15. The van der Waals surface area contributed by atoms with Gasteiger partial charge in [0, 0.05) is 49.1 Å². The monoisotopic (exact) mass is 531 g/mol. The first-order chi connectivity index (χ1) is 19.0. The van der Waals surface area contributed by atoms with Gasteiger partial charge in [-0.25, -0.2) is 0 Å². The summed E-state index contributed by atoms with van der Waals surface area (Å²) in [6.07, 6.45) is 8.14. The summed E-state index contributed by atoms with van der Waals surface area (Å²) in [7, 11) is 1.62. The van der Waals surface area contributed by atoms with Gasteiger partial charge in [-0.15, -0.1) is 0 Å². The molecule has 39 heavy (non-hydrogen) atoms. The third kappa shape index (κ3) is 6.63. The molecule has 3 aliphatic rings. The maximum Gasteiger partial charge on any atom is 0.254 e. The van der Waals surface area contributed by atoms with E-state index in [1.807, 2.05) is 52.3 Å². The van der Waals surface area contributed by atoms with Crippen LogP contribution in [-0.4, -0.2) is 59.8 Å². The molecule has 3 amide bonds. The number of methoxy groups -OCH3 is 1. The van der Waals surface area contributed by atoms with Gasteiger partial charge in [-0.3, -0.25) is 14.4 Å². The van der Waals surface area contributed by atoms with Gasteiger partial charge in [0.2, 0.25) is 11.8 Å². The first-order valence-electron chi connectivity index (χ1n) is 14.6. The number of carbonyl (C=O) groups is 3. The third-order valence-corrected chi connectivity index (χ3v) is 8.91. The lowest BCUT2D eigenvalue weighted by Gasteiger charge is -2.39. The second-order valence-corrected chi connectivity index (χ2v) is 11.4. The lowest BCUT2D eigenvalue weighted by molar-refractivity contribution is -0.141. The number of hydrogen-bond acceptors (Lipinski definition) is 4. The van der Waals surface area contributed by atoms with Crippen molar-refractivity contribution in [2.45, 2.75) is 76.4 Å². The fraction of sp³-hybridized carbons (Fsp3) is 0.531. The van der Waals surface area contributed by atoms with Crippen molar-refractivity contribution in [2.24, 2.45) is 11.8 Å². The van der Waals surface area contributed by atoms with Gasteiger partial charge in [0.1, 0.15) is 5.75 Å². The first-order valence-corrected chi connectivity index (χ1v) is 14.6. The Kier molecular flexibility index (Phi) is 8.84. The van der Waals surface area contributed by atoms with Crippen molar-refractivity contribution in [1.29, 1.82) is 0 Å². The number of piperidine rings is 1. The molecule has 1 aliphatic heterocycles. The number of ether oxygens (including phenoxy) is 1. The molecule has 208 valence electrons. The minimum atomic E-state index is -0.0145. The van der Waals surface area contributed by atoms with E-state index in [1.165, 1.54) is 0 Å². The van der Waals surface area contributed by atoms with Gasteiger partial charge in [-0.2, -0.15) is 0 Å². The highest BCUT2D eigenvalue weighted by Crippen LogP contribution is 2.31. The summed E-state index contributed by atoms with van der Waals surface area (Å²) < 4.78 is 5.26. The Bertz CT molecular complexity index is 1120. The predicted molar refractivity (Wildman–Crippen MR) is 150 cm³/mol. The zero-order chi connectivity index (χ0) is 27.2. The molecule has 2 aromatic carbocycles. The number of amides is 3. The van der Waals surface area contributed by atoms with E-state index in [9.17, 15) is 14.4 Å². The zero-order valence-corrected chi connectivity index (χ0v) is 23.0. The van der Waals surface area contributed by atoms with E-state index in [0.29, 0.717) is 31.1 Å². The molecule has 0 aromatic heterocycles. The summed E-state index contributed by atoms with van der Waals surface area (Å²) in [5.74, 6) is 1.39. The number of hydrogen-bond donors (Lipinski definition) is 1. The summed E-state index contributed by atoms with van der Waals surface area (Å²) in [6, 6.07) is 17.7. The molecule has 5 rings (SSSR count). The highest BCUT2D eigenvalue weighted by Gasteiger charge is 2.35. The van der Waals surface area contributed by atoms with E-state index in [2.05, 4.69) is 17.4 Å². The number of carbonyl (C=O) groups excluding carboxylic acids is 3. The van der Waals surface area contributed by atoms with Gasteiger partial charge < -0.3 is 19.9 Å². The Hall–Kier alpha value is -3.35. The number of likely N-dealkylation sites (tertiary alicyclic amines) is 1. The molecule has 0 atom stereocenters. The summed E-state index contributed by atoms with van der Waals surface area (Å²) >= 11 is 0. The van der Waals surface area contributed by atoms with Crippen LogP contribution in [0.3, 0.4) is 0 Å². The zero-order valence-electron chi connectivity index (χ0n) is 23.0. The van der Waals surface area contributed by atoms with Crippen LogP contribution in [0, 0.1) is 11.8 Å². The third-order valence-electron chi connectivity index (χ3n) is 8.91. The van der Waals surface area contributed by atoms with E-state index >= 15 is 0 Å². The highest BCUT2D eigenvalue weighted by molar-refractivity contribution is 5.94. The Morgan fingerprint density at radius 3 is 2.10 bits per heavy atom. The summed E-state index contributed by atoms with van der Waals surface area (Å²) in [5, 5.41) is 3.30. The summed E-state index contributed by atoms with van der Waals surface area (Å²) in [4.78, 5) is 43.2. The van der Waals surface area contributed by atoms with Crippen molar-refractivity contribution >= 4 is 17.7 Å². The first kappa shape index (κ1) is 27.2. The number of benzene rings is 2. The quantitative estimate of drug-likeness (QED) is 0.531. The van der Waals surface area contributed by atoms with Gasteiger partial charge in [-0.05, 0) is 81.2 Å². The van der Waals surface area contributed by atoms with Gasteiger partial charge in [0.05, 0.1) is 7.11 Å². The maximum atomic E-state index is 13.6. The topological polar surface area (TPSA) is 79.0 Å². The second kappa shape index (κ2) is 12.7. The molecular formula is C32H41N3O4. The average molecular weight is 532 g/mol. The molecule has 1 saturated heterocycles. The smallest absolute Gasteiger partial charge is 0.254 e. The van der Waals surface area contributed by atoms with Crippen LogP contribution in [0.5, 0.6) is 5.75 Å². The number of nitrogens with zero attached hydrogens (tertiary/aromatic N) is 2. The van der Waals surface area contributed by atoms with Crippen LogP contribution in [-0.2, 0) is 16.1 Å². The second-order valence-electron chi connectivity index (χ2n) is 11.4. The van der Waals surface area contributed by atoms with Crippen LogP contribution in [0.4, 0.5) is 0 Å². The largest absolute Gasteiger partial charge is 0.497 e. The normalized spacial score (nSPS) is 22.0. The van der Waals surface area contributed by atoms with Gasteiger partial charge in [0.15, 0.2) is 0 Å². The molecule has 1 N–H and O–H groups in total. The van der Waals surface area contributed by atoms with Crippen molar-refractivity contribution in [3.05, 3.63) is 65.7 Å². The van der Waals surface area contributed by atoms with Crippen molar-refractivity contribution in [3.63, 3.8) is 0 Å². The van der Waals surface area contributed by atoms with Crippen LogP contribution in [0.15, 0.2) is 54.6 Å². The fourth-order valence-corrected chi connectivity index (χ4v) is 6.17. The predicted octanol–water partition coefficient (Wildman–Crippen LogP) is 4.80. The molecule has 3 fully saturated rings. The standard InChI is InChI=1S/C32H41N3O4/c1-39-29-16-10-26(11-17-29)32(38)35(22-23-6-3-2-4-7-23)28-14-12-27(13-15-28)33-30(36)24-18-20-34(21-19-24)31(37)25-8-5-9-25/h2-4,6-7,10-11,16-17,24-25,27-28H,5,8-9,12-15,18-22H2,1H3,(H,33,36). The van der Waals surface area contributed by atoms with Crippen LogP contribution in [0.25, 0.3) is 0 Å². The van der Waals surface area contributed by atoms with Crippen LogP contribution in [0.1, 0.15) is 73.7 Å². The molecule has 1 heterocycles. The Morgan fingerprint density at radius 2 is 1.51 bits per heavy atom. The van der Waals surface area contributed by atoms with Crippen LogP contribution < -0.4 is 10.1 Å². The van der Waals surface area contributed by atoms with Gasteiger partial charge in [-0.1, -0.05) is 36.8 Å². The molecular weight excluding hydrogens is 490 g/mol. The number of rotatable bonds is 8. The van der Waals surface area contributed by atoms with Crippen LogP contribution in [0.2, 0.25) is 0 Å². The molecule has 0 spiro atoms. The lowest BCUT2D eigenvalue weighted by Crippen LogP contribution is -2.49. The van der Waals surface area contributed by atoms with Crippen molar-refractivity contribution in [1.82, 2.24) is 15.1 Å². The van der Waals surface area contributed by atoms with Gasteiger partial charge in [0.25, 0.3) is 5.91 Å². The average Bonchev–Trinajstić information content (AvgIpc) is 2.96. The number of nitrogens with one attached hydrogen (secondary N) is 1. The minimum absolute atomic E-state index is 0.0145. The molecule has 0 bridgehead atoms. The van der Waals surface area contributed by atoms with Crippen LogP contribution >= 0.6 is 0 Å².